The molecule has 0 radical (unpaired) electrons. The first-order valence-electron chi connectivity index (χ1n) is 11.1. The molecule has 2 unspecified atom stereocenters. The SMILES string of the molecule is CN1/C(=C\C(=O)COC(=O)C23C[C@@H]4C[C@@H](CC(Cl)(C4)C2)C3)C(C)(C)c2ccccc21. The summed E-state index contributed by atoms with van der Waals surface area (Å²) in [7, 11) is 1.98. The fourth-order valence-electron chi connectivity index (χ4n) is 7.13. The Morgan fingerprint density at radius 2 is 1.83 bits per heavy atom. The molecule has 4 aliphatic carbocycles. The quantitative estimate of drug-likeness (QED) is 0.386. The number of carbonyl (C=O) groups excluding carboxylic acids is 2. The van der Waals surface area contributed by atoms with Crippen molar-refractivity contribution in [3.8, 4) is 0 Å². The Morgan fingerprint density at radius 3 is 2.47 bits per heavy atom. The van der Waals surface area contributed by atoms with E-state index in [0.29, 0.717) is 18.3 Å². The Bertz CT molecular complexity index is 935. The summed E-state index contributed by atoms with van der Waals surface area (Å²) in [4.78, 5) is 27.7. The summed E-state index contributed by atoms with van der Waals surface area (Å²) in [5.74, 6) is 0.674. The van der Waals surface area contributed by atoms with Crippen LogP contribution in [-0.4, -0.2) is 30.3 Å². The molecule has 5 heteroatoms. The molecule has 160 valence electrons. The topological polar surface area (TPSA) is 46.6 Å². The van der Waals surface area contributed by atoms with Crippen LogP contribution in [0, 0.1) is 17.3 Å². The molecule has 1 aromatic carbocycles. The minimum Gasteiger partial charge on any atom is -0.457 e. The molecule has 6 rings (SSSR count). The Labute approximate surface area is 183 Å². The van der Waals surface area contributed by atoms with Crippen molar-refractivity contribution in [2.24, 2.45) is 17.3 Å². The van der Waals surface area contributed by atoms with Gasteiger partial charge in [-0.25, -0.2) is 0 Å². The molecule has 5 aliphatic rings. The second-order valence-corrected chi connectivity index (χ2v) is 11.5. The first kappa shape index (κ1) is 20.1. The summed E-state index contributed by atoms with van der Waals surface area (Å²) >= 11 is 6.84. The van der Waals surface area contributed by atoms with E-state index in [4.69, 9.17) is 16.3 Å². The minimum atomic E-state index is -0.473. The van der Waals surface area contributed by atoms with Crippen LogP contribution in [0.2, 0.25) is 0 Å². The number of allylic oxidation sites excluding steroid dienone is 1. The minimum absolute atomic E-state index is 0.170. The summed E-state index contributed by atoms with van der Waals surface area (Å²) in [5.41, 5.74) is 2.50. The van der Waals surface area contributed by atoms with Crippen molar-refractivity contribution in [3.05, 3.63) is 41.6 Å². The number of anilines is 1. The number of alkyl halides is 1. The number of likely N-dealkylation sites (N-methyl/N-ethyl adjacent to an activating group) is 1. The first-order chi connectivity index (χ1) is 14.1. The van der Waals surface area contributed by atoms with Gasteiger partial charge in [0.05, 0.1) is 5.41 Å². The second-order valence-electron chi connectivity index (χ2n) is 10.7. The van der Waals surface area contributed by atoms with Gasteiger partial charge in [-0.1, -0.05) is 32.0 Å². The Morgan fingerprint density at radius 1 is 1.17 bits per heavy atom. The fourth-order valence-corrected chi connectivity index (χ4v) is 7.82. The number of para-hydroxylation sites is 1. The summed E-state index contributed by atoms with van der Waals surface area (Å²) in [6.45, 7) is 4.04. The molecule has 4 fully saturated rings. The summed E-state index contributed by atoms with van der Waals surface area (Å²) < 4.78 is 5.61. The van der Waals surface area contributed by atoms with Gasteiger partial charge < -0.3 is 9.64 Å². The normalized spacial score (nSPS) is 36.8. The van der Waals surface area contributed by atoms with E-state index < -0.39 is 5.41 Å². The van der Waals surface area contributed by atoms with E-state index in [1.807, 2.05) is 19.2 Å². The molecule has 1 aromatic rings. The van der Waals surface area contributed by atoms with E-state index in [0.717, 1.165) is 37.1 Å². The van der Waals surface area contributed by atoms with Crippen LogP contribution in [-0.2, 0) is 19.7 Å². The zero-order valence-corrected chi connectivity index (χ0v) is 18.8. The van der Waals surface area contributed by atoms with Crippen molar-refractivity contribution in [3.63, 3.8) is 0 Å². The highest BCUT2D eigenvalue weighted by molar-refractivity contribution is 6.24. The maximum atomic E-state index is 13.1. The third-order valence-electron chi connectivity index (χ3n) is 8.01. The zero-order chi connectivity index (χ0) is 21.3. The van der Waals surface area contributed by atoms with Crippen molar-refractivity contribution in [2.45, 2.75) is 62.7 Å². The van der Waals surface area contributed by atoms with E-state index in [1.54, 1.807) is 6.08 Å². The fraction of sp³-hybridized carbons (Fsp3) is 0.600. The molecular weight excluding hydrogens is 398 g/mol. The molecule has 0 spiro atoms. The smallest absolute Gasteiger partial charge is 0.312 e. The third-order valence-corrected chi connectivity index (χ3v) is 8.45. The van der Waals surface area contributed by atoms with Crippen LogP contribution >= 0.6 is 11.6 Å². The monoisotopic (exact) mass is 427 g/mol. The number of esters is 1. The number of fused-ring (bicyclic) bond motifs is 1. The van der Waals surface area contributed by atoms with Crippen molar-refractivity contribution < 1.29 is 14.3 Å². The van der Waals surface area contributed by atoms with Crippen LogP contribution in [0.25, 0.3) is 0 Å². The average molecular weight is 428 g/mol. The van der Waals surface area contributed by atoms with Gasteiger partial charge in [-0.2, -0.15) is 0 Å². The number of halogens is 1. The van der Waals surface area contributed by atoms with Crippen molar-refractivity contribution in [1.29, 1.82) is 0 Å². The van der Waals surface area contributed by atoms with Gasteiger partial charge in [-0.15, -0.1) is 11.6 Å². The number of hydrogen-bond acceptors (Lipinski definition) is 4. The molecule has 4 nitrogen and oxygen atoms in total. The van der Waals surface area contributed by atoms with E-state index in [1.165, 1.54) is 12.0 Å². The summed E-state index contributed by atoms with van der Waals surface area (Å²) in [6, 6.07) is 8.20. The largest absolute Gasteiger partial charge is 0.457 e. The van der Waals surface area contributed by atoms with E-state index in [-0.39, 0.29) is 28.6 Å². The van der Waals surface area contributed by atoms with Gasteiger partial charge in [-0.3, -0.25) is 9.59 Å². The second kappa shape index (κ2) is 6.59. The molecule has 4 atom stereocenters. The van der Waals surface area contributed by atoms with Gasteiger partial charge in [0, 0.05) is 34.8 Å². The van der Waals surface area contributed by atoms with Gasteiger partial charge in [0.1, 0.15) is 0 Å². The predicted octanol–water partition coefficient (Wildman–Crippen LogP) is 4.99. The van der Waals surface area contributed by atoms with E-state index in [2.05, 4.69) is 30.9 Å². The molecule has 4 bridgehead atoms. The lowest BCUT2D eigenvalue weighted by molar-refractivity contribution is -0.171. The molecule has 0 saturated heterocycles. The molecule has 1 aliphatic heterocycles. The number of carbonyl (C=O) groups is 2. The number of ether oxygens (including phenoxy) is 1. The molecule has 4 saturated carbocycles. The van der Waals surface area contributed by atoms with Crippen molar-refractivity contribution >= 4 is 29.0 Å². The van der Waals surface area contributed by atoms with Crippen LogP contribution in [0.5, 0.6) is 0 Å². The molecule has 1 heterocycles. The highest BCUT2D eigenvalue weighted by Gasteiger charge is 2.60. The number of nitrogens with zero attached hydrogens (tertiary/aromatic N) is 1. The van der Waals surface area contributed by atoms with Crippen LogP contribution in [0.4, 0.5) is 5.69 Å². The third kappa shape index (κ3) is 3.02. The van der Waals surface area contributed by atoms with Crippen LogP contribution in [0.3, 0.4) is 0 Å². The Kier molecular flexibility index (Phi) is 4.42. The van der Waals surface area contributed by atoms with Gasteiger partial charge in [0.15, 0.2) is 12.4 Å². The lowest BCUT2D eigenvalue weighted by atomic mass is 9.49. The first-order valence-corrected chi connectivity index (χ1v) is 11.4. The summed E-state index contributed by atoms with van der Waals surface area (Å²) in [6.07, 6.45) is 7.33. The van der Waals surface area contributed by atoms with Crippen molar-refractivity contribution in [2.75, 3.05) is 18.6 Å². The van der Waals surface area contributed by atoms with Crippen molar-refractivity contribution in [1.82, 2.24) is 0 Å². The number of benzene rings is 1. The number of ketones is 1. The molecule has 30 heavy (non-hydrogen) atoms. The van der Waals surface area contributed by atoms with Crippen LogP contribution in [0.1, 0.15) is 57.9 Å². The van der Waals surface area contributed by atoms with Gasteiger partial charge >= 0.3 is 5.97 Å². The molecular formula is C25H30ClNO3. The maximum absolute atomic E-state index is 13.1. The van der Waals surface area contributed by atoms with E-state index >= 15 is 0 Å². The average Bonchev–Trinajstić information content (AvgIpc) is 2.85. The van der Waals surface area contributed by atoms with Crippen LogP contribution in [0.15, 0.2) is 36.0 Å². The highest BCUT2D eigenvalue weighted by atomic mass is 35.5. The highest BCUT2D eigenvalue weighted by Crippen LogP contribution is 2.64. The van der Waals surface area contributed by atoms with Crippen LogP contribution < -0.4 is 4.90 Å². The number of rotatable bonds is 4. The molecule has 0 aromatic heterocycles. The van der Waals surface area contributed by atoms with E-state index in [9.17, 15) is 9.59 Å². The lowest BCUT2D eigenvalue weighted by Gasteiger charge is -2.58. The standard InChI is InChI=1S/C25H30ClNO3/c1-23(2)19-6-4-5-7-20(19)27(3)21(23)9-18(28)14-30-22(29)24-10-16-8-17(11-24)13-25(26,12-16)15-24/h4-7,9,16-17H,8,10-15H2,1-3H3/b21-9-/t16-,17+,24?,25?. The van der Waals surface area contributed by atoms with Gasteiger partial charge in [0.2, 0.25) is 0 Å². The maximum Gasteiger partial charge on any atom is 0.312 e. The summed E-state index contributed by atoms with van der Waals surface area (Å²) in [5, 5.41) is 0. The van der Waals surface area contributed by atoms with Gasteiger partial charge in [-0.05, 0) is 62.0 Å². The Balaban J connectivity index is 1.29. The zero-order valence-electron chi connectivity index (χ0n) is 18.0. The Hall–Kier alpha value is -1.81. The predicted molar refractivity (Wildman–Crippen MR) is 118 cm³/mol. The number of hydrogen-bond donors (Lipinski definition) is 0. The molecule has 0 amide bonds. The molecule has 0 N–H and O–H groups in total. The van der Waals surface area contributed by atoms with Gasteiger partial charge in [0.25, 0.3) is 0 Å². The lowest BCUT2D eigenvalue weighted by Crippen LogP contribution is -2.56.